The Bertz CT molecular complexity index is 542. The molecule has 1 atom stereocenters. The van der Waals surface area contributed by atoms with Gasteiger partial charge in [-0.2, -0.15) is 0 Å². The zero-order valence-corrected chi connectivity index (χ0v) is 15.3. The summed E-state index contributed by atoms with van der Waals surface area (Å²) in [5, 5.41) is 5.58. The first-order chi connectivity index (χ1) is 12.1. The van der Waals surface area contributed by atoms with Crippen molar-refractivity contribution >= 4 is 11.8 Å². The van der Waals surface area contributed by atoms with E-state index >= 15 is 0 Å². The summed E-state index contributed by atoms with van der Waals surface area (Å²) < 4.78 is 0. The summed E-state index contributed by atoms with van der Waals surface area (Å²) in [6.45, 7) is 9.32. The van der Waals surface area contributed by atoms with Crippen molar-refractivity contribution in [2.45, 2.75) is 32.9 Å². The highest BCUT2D eigenvalue weighted by molar-refractivity contribution is 5.87. The van der Waals surface area contributed by atoms with E-state index in [1.54, 1.807) is 6.92 Å². The molecule has 1 fully saturated rings. The summed E-state index contributed by atoms with van der Waals surface area (Å²) in [7, 11) is 0. The minimum atomic E-state index is -0.488. The molecule has 0 aromatic heterocycles. The molecular weight excluding hydrogens is 316 g/mol. The number of nitrogens with zero attached hydrogens (tertiary/aromatic N) is 2. The highest BCUT2D eigenvalue weighted by Crippen LogP contribution is 2.08. The van der Waals surface area contributed by atoms with Crippen molar-refractivity contribution in [1.82, 2.24) is 20.4 Å². The van der Waals surface area contributed by atoms with Gasteiger partial charge in [0, 0.05) is 39.3 Å². The van der Waals surface area contributed by atoms with Gasteiger partial charge in [-0.05, 0) is 18.9 Å². The quantitative estimate of drug-likeness (QED) is 0.732. The van der Waals surface area contributed by atoms with Crippen LogP contribution in [0.3, 0.4) is 0 Å². The molecule has 0 saturated carbocycles. The fourth-order valence-electron chi connectivity index (χ4n) is 2.90. The van der Waals surface area contributed by atoms with Crippen LogP contribution in [0.1, 0.15) is 25.8 Å². The van der Waals surface area contributed by atoms with Crippen molar-refractivity contribution in [2.24, 2.45) is 0 Å². The van der Waals surface area contributed by atoms with Crippen molar-refractivity contribution in [2.75, 3.05) is 39.3 Å². The summed E-state index contributed by atoms with van der Waals surface area (Å²) in [6, 6.07) is 9.96. The maximum Gasteiger partial charge on any atom is 0.242 e. The molecule has 1 aliphatic heterocycles. The number of nitrogens with one attached hydrogen (secondary N) is 2. The Morgan fingerprint density at radius 1 is 1.08 bits per heavy atom. The van der Waals surface area contributed by atoms with Gasteiger partial charge in [-0.15, -0.1) is 0 Å². The van der Waals surface area contributed by atoms with Crippen LogP contribution < -0.4 is 10.6 Å². The SMILES string of the molecule is CCCNC(=O)[C@H](C)NC(=O)CN1CCN(Cc2ccccc2)CC1. The lowest BCUT2D eigenvalue weighted by molar-refractivity contribution is -0.129. The van der Waals surface area contributed by atoms with Gasteiger partial charge in [0.25, 0.3) is 0 Å². The van der Waals surface area contributed by atoms with Gasteiger partial charge in [0.15, 0.2) is 0 Å². The van der Waals surface area contributed by atoms with Crippen LogP contribution in [0.2, 0.25) is 0 Å². The minimum Gasteiger partial charge on any atom is -0.354 e. The van der Waals surface area contributed by atoms with E-state index in [1.165, 1.54) is 5.56 Å². The zero-order chi connectivity index (χ0) is 18.1. The molecule has 1 aromatic carbocycles. The molecule has 138 valence electrons. The Kier molecular flexibility index (Phi) is 7.88. The van der Waals surface area contributed by atoms with Crippen LogP contribution in [-0.2, 0) is 16.1 Å². The molecule has 2 amide bonds. The Morgan fingerprint density at radius 2 is 1.72 bits per heavy atom. The molecule has 0 unspecified atom stereocenters. The second kappa shape index (κ2) is 10.2. The third-order valence-corrected chi connectivity index (χ3v) is 4.40. The molecule has 1 aliphatic rings. The Labute approximate surface area is 150 Å². The second-order valence-corrected chi connectivity index (χ2v) is 6.62. The van der Waals surface area contributed by atoms with Crippen LogP contribution in [0.15, 0.2) is 30.3 Å². The first kappa shape index (κ1) is 19.4. The summed E-state index contributed by atoms with van der Waals surface area (Å²) in [4.78, 5) is 28.5. The lowest BCUT2D eigenvalue weighted by Gasteiger charge is -2.34. The van der Waals surface area contributed by atoms with Gasteiger partial charge < -0.3 is 10.6 Å². The largest absolute Gasteiger partial charge is 0.354 e. The van der Waals surface area contributed by atoms with Crippen molar-refractivity contribution in [3.63, 3.8) is 0 Å². The minimum absolute atomic E-state index is 0.0874. The van der Waals surface area contributed by atoms with E-state index in [1.807, 2.05) is 13.0 Å². The van der Waals surface area contributed by atoms with E-state index in [0.29, 0.717) is 13.1 Å². The zero-order valence-electron chi connectivity index (χ0n) is 15.3. The number of piperazine rings is 1. The molecule has 6 nitrogen and oxygen atoms in total. The average Bonchev–Trinajstić information content (AvgIpc) is 2.62. The van der Waals surface area contributed by atoms with E-state index in [-0.39, 0.29) is 11.8 Å². The maximum atomic E-state index is 12.1. The van der Waals surface area contributed by atoms with Gasteiger partial charge in [-0.25, -0.2) is 0 Å². The first-order valence-electron chi connectivity index (χ1n) is 9.14. The van der Waals surface area contributed by atoms with E-state index in [9.17, 15) is 9.59 Å². The van der Waals surface area contributed by atoms with Crippen LogP contribution in [0.4, 0.5) is 0 Å². The summed E-state index contributed by atoms with van der Waals surface area (Å²) in [5.41, 5.74) is 1.32. The van der Waals surface area contributed by atoms with Crippen molar-refractivity contribution < 1.29 is 9.59 Å². The topological polar surface area (TPSA) is 64.7 Å². The predicted molar refractivity (Wildman–Crippen MR) is 99.1 cm³/mol. The van der Waals surface area contributed by atoms with Crippen LogP contribution in [0, 0.1) is 0 Å². The maximum absolute atomic E-state index is 12.1. The second-order valence-electron chi connectivity index (χ2n) is 6.62. The number of hydrogen-bond donors (Lipinski definition) is 2. The lowest BCUT2D eigenvalue weighted by Crippen LogP contribution is -2.52. The van der Waals surface area contributed by atoms with Crippen LogP contribution >= 0.6 is 0 Å². The van der Waals surface area contributed by atoms with E-state index in [0.717, 1.165) is 39.1 Å². The predicted octanol–water partition coefficient (Wildman–Crippen LogP) is 0.835. The molecule has 0 aliphatic carbocycles. The standard InChI is InChI=1S/C19H30N4O2/c1-3-9-20-19(25)16(2)21-18(24)15-23-12-10-22(11-13-23)14-17-7-5-4-6-8-17/h4-8,16H,3,9-15H2,1-2H3,(H,20,25)(H,21,24)/t16-/m0/s1. The fraction of sp³-hybridized carbons (Fsp3) is 0.579. The van der Waals surface area contributed by atoms with Crippen LogP contribution in [0.5, 0.6) is 0 Å². The molecule has 1 aromatic rings. The van der Waals surface area contributed by atoms with Gasteiger partial charge in [0.2, 0.25) is 11.8 Å². The van der Waals surface area contributed by atoms with Crippen molar-refractivity contribution in [1.29, 1.82) is 0 Å². The number of hydrogen-bond acceptors (Lipinski definition) is 4. The first-order valence-corrected chi connectivity index (χ1v) is 9.14. The molecule has 2 rings (SSSR count). The highest BCUT2D eigenvalue weighted by atomic mass is 16.2. The molecule has 1 heterocycles. The number of carbonyl (C=O) groups is 2. The molecule has 25 heavy (non-hydrogen) atoms. The van der Waals surface area contributed by atoms with Gasteiger partial charge in [-0.1, -0.05) is 37.3 Å². The lowest BCUT2D eigenvalue weighted by atomic mass is 10.2. The van der Waals surface area contributed by atoms with E-state index in [4.69, 9.17) is 0 Å². The normalized spacial score (nSPS) is 17.0. The average molecular weight is 346 g/mol. The molecule has 0 spiro atoms. The third kappa shape index (κ3) is 6.84. The van der Waals surface area contributed by atoms with Gasteiger partial charge in [0.05, 0.1) is 6.54 Å². The summed E-state index contributed by atoms with van der Waals surface area (Å²) >= 11 is 0. The Balaban J connectivity index is 1.67. The molecule has 1 saturated heterocycles. The summed E-state index contributed by atoms with van der Waals surface area (Å²) in [5.74, 6) is -0.210. The molecule has 6 heteroatoms. The molecule has 0 radical (unpaired) electrons. The van der Waals surface area contributed by atoms with Crippen LogP contribution in [-0.4, -0.2) is 66.9 Å². The third-order valence-electron chi connectivity index (χ3n) is 4.40. The fourth-order valence-corrected chi connectivity index (χ4v) is 2.90. The van der Waals surface area contributed by atoms with Gasteiger partial charge in [-0.3, -0.25) is 19.4 Å². The monoisotopic (exact) mass is 346 g/mol. The van der Waals surface area contributed by atoms with Crippen LogP contribution in [0.25, 0.3) is 0 Å². The number of rotatable bonds is 8. The molecule has 2 N–H and O–H groups in total. The number of benzene rings is 1. The van der Waals surface area contributed by atoms with Gasteiger partial charge in [0.1, 0.15) is 6.04 Å². The van der Waals surface area contributed by atoms with E-state index in [2.05, 4.69) is 44.7 Å². The van der Waals surface area contributed by atoms with E-state index < -0.39 is 6.04 Å². The Hall–Kier alpha value is -1.92. The van der Waals surface area contributed by atoms with Gasteiger partial charge >= 0.3 is 0 Å². The molecular formula is C19H30N4O2. The number of carbonyl (C=O) groups excluding carboxylic acids is 2. The Morgan fingerprint density at radius 3 is 2.36 bits per heavy atom. The number of amides is 2. The van der Waals surface area contributed by atoms with Crippen molar-refractivity contribution in [3.05, 3.63) is 35.9 Å². The molecule has 0 bridgehead atoms. The highest BCUT2D eigenvalue weighted by Gasteiger charge is 2.21. The smallest absolute Gasteiger partial charge is 0.242 e. The van der Waals surface area contributed by atoms with Crippen molar-refractivity contribution in [3.8, 4) is 0 Å². The summed E-state index contributed by atoms with van der Waals surface area (Å²) in [6.07, 6.45) is 0.889.